The Balaban J connectivity index is 1.57. The first-order chi connectivity index (χ1) is 10.8. The molecule has 4 heteroatoms. The normalized spacial score (nSPS) is 13.0. The van der Waals surface area contributed by atoms with Crippen molar-refractivity contribution in [3.63, 3.8) is 0 Å². The molecule has 0 saturated heterocycles. The van der Waals surface area contributed by atoms with E-state index < -0.39 is 0 Å². The molecule has 22 heavy (non-hydrogen) atoms. The van der Waals surface area contributed by atoms with Crippen LogP contribution in [-0.2, 0) is 17.8 Å². The number of rotatable bonds is 5. The minimum absolute atomic E-state index is 0.0327. The molecule has 0 unspecified atom stereocenters. The summed E-state index contributed by atoms with van der Waals surface area (Å²) >= 11 is 0. The maximum Gasteiger partial charge on any atom is 0.226 e. The highest BCUT2D eigenvalue weighted by atomic mass is 16.1. The molecule has 0 radical (unpaired) electrons. The standard InChI is InChI=1S/C18H21N3O/c19-13-15-6-1-3-7-16(15)20-18(22)10-12-21-11-9-14-5-2-4-8-17(14)21/h1-8H,9-13,19H2,(H,20,22). The van der Waals surface area contributed by atoms with E-state index in [4.69, 9.17) is 5.73 Å². The summed E-state index contributed by atoms with van der Waals surface area (Å²) in [5.41, 5.74) is 10.1. The van der Waals surface area contributed by atoms with Crippen LogP contribution in [-0.4, -0.2) is 19.0 Å². The van der Waals surface area contributed by atoms with Crippen LogP contribution in [0.5, 0.6) is 0 Å². The molecule has 1 aliphatic heterocycles. The van der Waals surface area contributed by atoms with Crippen LogP contribution in [0.25, 0.3) is 0 Å². The van der Waals surface area contributed by atoms with Gasteiger partial charge >= 0.3 is 0 Å². The van der Waals surface area contributed by atoms with Crippen molar-refractivity contribution >= 4 is 17.3 Å². The van der Waals surface area contributed by atoms with Crippen molar-refractivity contribution in [3.05, 3.63) is 59.7 Å². The molecule has 0 fully saturated rings. The van der Waals surface area contributed by atoms with E-state index in [0.29, 0.717) is 13.0 Å². The molecule has 0 saturated carbocycles. The Morgan fingerprint density at radius 1 is 1.14 bits per heavy atom. The molecule has 1 aliphatic rings. The SMILES string of the molecule is NCc1ccccc1NC(=O)CCN1CCc2ccccc21. The highest BCUT2D eigenvalue weighted by Gasteiger charge is 2.18. The Kier molecular flexibility index (Phi) is 4.39. The maximum absolute atomic E-state index is 12.2. The number of nitrogens with one attached hydrogen (secondary N) is 1. The molecule has 3 N–H and O–H groups in total. The lowest BCUT2D eigenvalue weighted by Crippen LogP contribution is -2.26. The van der Waals surface area contributed by atoms with E-state index in [2.05, 4.69) is 34.5 Å². The van der Waals surface area contributed by atoms with Crippen LogP contribution in [0.4, 0.5) is 11.4 Å². The third-order valence-electron chi connectivity index (χ3n) is 4.10. The summed E-state index contributed by atoms with van der Waals surface area (Å²) in [6.07, 6.45) is 1.54. The second-order valence-corrected chi connectivity index (χ2v) is 5.53. The van der Waals surface area contributed by atoms with Gasteiger partial charge in [-0.25, -0.2) is 0 Å². The maximum atomic E-state index is 12.2. The first-order valence-electron chi connectivity index (χ1n) is 7.68. The fourth-order valence-electron chi connectivity index (χ4n) is 2.91. The van der Waals surface area contributed by atoms with E-state index in [1.807, 2.05) is 24.3 Å². The highest BCUT2D eigenvalue weighted by Crippen LogP contribution is 2.27. The first kappa shape index (κ1) is 14.6. The summed E-state index contributed by atoms with van der Waals surface area (Å²) < 4.78 is 0. The smallest absolute Gasteiger partial charge is 0.226 e. The van der Waals surface area contributed by atoms with E-state index in [1.54, 1.807) is 0 Å². The largest absolute Gasteiger partial charge is 0.370 e. The average Bonchev–Trinajstić information content (AvgIpc) is 2.97. The van der Waals surface area contributed by atoms with E-state index >= 15 is 0 Å². The minimum Gasteiger partial charge on any atom is -0.370 e. The quantitative estimate of drug-likeness (QED) is 0.891. The van der Waals surface area contributed by atoms with Crippen LogP contribution >= 0.6 is 0 Å². The van der Waals surface area contributed by atoms with Gasteiger partial charge < -0.3 is 16.0 Å². The molecule has 0 spiro atoms. The summed E-state index contributed by atoms with van der Waals surface area (Å²) in [7, 11) is 0. The average molecular weight is 295 g/mol. The predicted octanol–water partition coefficient (Wildman–Crippen LogP) is 2.54. The van der Waals surface area contributed by atoms with Crippen molar-refractivity contribution in [2.75, 3.05) is 23.3 Å². The number of carbonyl (C=O) groups excluding carboxylic acids is 1. The van der Waals surface area contributed by atoms with Gasteiger partial charge in [0.1, 0.15) is 0 Å². The number of benzene rings is 2. The minimum atomic E-state index is 0.0327. The van der Waals surface area contributed by atoms with Crippen LogP contribution in [0.1, 0.15) is 17.5 Å². The number of hydrogen-bond donors (Lipinski definition) is 2. The zero-order chi connectivity index (χ0) is 15.4. The van der Waals surface area contributed by atoms with Crippen molar-refractivity contribution in [3.8, 4) is 0 Å². The van der Waals surface area contributed by atoms with Gasteiger partial charge in [0.05, 0.1) is 0 Å². The molecular weight excluding hydrogens is 274 g/mol. The first-order valence-corrected chi connectivity index (χ1v) is 7.68. The monoisotopic (exact) mass is 295 g/mol. The second-order valence-electron chi connectivity index (χ2n) is 5.53. The zero-order valence-electron chi connectivity index (χ0n) is 12.6. The molecule has 0 atom stereocenters. The molecule has 3 rings (SSSR count). The highest BCUT2D eigenvalue weighted by molar-refractivity contribution is 5.91. The van der Waals surface area contributed by atoms with Gasteiger partial charge in [-0.05, 0) is 29.7 Å². The summed E-state index contributed by atoms with van der Waals surface area (Å²) in [4.78, 5) is 14.5. The van der Waals surface area contributed by atoms with Crippen molar-refractivity contribution in [2.24, 2.45) is 5.73 Å². The molecule has 2 aromatic carbocycles. The Bertz CT molecular complexity index is 669. The number of nitrogens with two attached hydrogens (primary N) is 1. The van der Waals surface area contributed by atoms with Gasteiger partial charge in [-0.2, -0.15) is 0 Å². The fourth-order valence-corrected chi connectivity index (χ4v) is 2.91. The number of anilines is 2. The Morgan fingerprint density at radius 3 is 2.77 bits per heavy atom. The topological polar surface area (TPSA) is 58.4 Å². The molecule has 4 nitrogen and oxygen atoms in total. The Morgan fingerprint density at radius 2 is 1.91 bits per heavy atom. The van der Waals surface area contributed by atoms with Crippen LogP contribution in [0.15, 0.2) is 48.5 Å². The lowest BCUT2D eigenvalue weighted by molar-refractivity contribution is -0.116. The van der Waals surface area contributed by atoms with Gasteiger partial charge in [-0.3, -0.25) is 4.79 Å². The summed E-state index contributed by atoms with van der Waals surface area (Å²) in [6.45, 7) is 2.16. The summed E-state index contributed by atoms with van der Waals surface area (Å²) in [5, 5.41) is 2.96. The number of para-hydroxylation sites is 2. The molecule has 2 aromatic rings. The number of nitrogens with zero attached hydrogens (tertiary/aromatic N) is 1. The van der Waals surface area contributed by atoms with E-state index in [9.17, 15) is 4.79 Å². The number of fused-ring (bicyclic) bond motifs is 1. The number of amides is 1. The second kappa shape index (κ2) is 6.62. The van der Waals surface area contributed by atoms with Crippen LogP contribution < -0.4 is 16.0 Å². The lowest BCUT2D eigenvalue weighted by atomic mass is 10.1. The van der Waals surface area contributed by atoms with E-state index in [0.717, 1.165) is 30.8 Å². The van der Waals surface area contributed by atoms with E-state index in [1.165, 1.54) is 11.3 Å². The van der Waals surface area contributed by atoms with E-state index in [-0.39, 0.29) is 5.91 Å². The van der Waals surface area contributed by atoms with Gasteiger partial charge in [0.25, 0.3) is 0 Å². The van der Waals surface area contributed by atoms with Gasteiger partial charge in [-0.1, -0.05) is 36.4 Å². The zero-order valence-corrected chi connectivity index (χ0v) is 12.6. The predicted molar refractivity (Wildman–Crippen MR) is 89.9 cm³/mol. The van der Waals surface area contributed by atoms with Crippen LogP contribution in [0.2, 0.25) is 0 Å². The van der Waals surface area contributed by atoms with Crippen LogP contribution in [0.3, 0.4) is 0 Å². The van der Waals surface area contributed by atoms with Gasteiger partial charge in [-0.15, -0.1) is 0 Å². The molecular formula is C18H21N3O. The molecule has 0 aliphatic carbocycles. The number of hydrogen-bond acceptors (Lipinski definition) is 3. The Hall–Kier alpha value is -2.33. The lowest BCUT2D eigenvalue weighted by Gasteiger charge is -2.19. The molecule has 114 valence electrons. The molecule has 1 heterocycles. The third kappa shape index (κ3) is 3.12. The van der Waals surface area contributed by atoms with Crippen molar-refractivity contribution in [1.29, 1.82) is 0 Å². The Labute approximate surface area is 130 Å². The molecule has 1 amide bonds. The molecule has 0 aromatic heterocycles. The van der Waals surface area contributed by atoms with Crippen LogP contribution in [0, 0.1) is 0 Å². The van der Waals surface area contributed by atoms with Gasteiger partial charge in [0.2, 0.25) is 5.91 Å². The van der Waals surface area contributed by atoms with Crippen molar-refractivity contribution in [2.45, 2.75) is 19.4 Å². The fraction of sp³-hybridized carbons (Fsp3) is 0.278. The van der Waals surface area contributed by atoms with Gasteiger partial charge in [0.15, 0.2) is 0 Å². The van der Waals surface area contributed by atoms with Crippen molar-refractivity contribution in [1.82, 2.24) is 0 Å². The number of carbonyl (C=O) groups is 1. The summed E-state index contributed by atoms with van der Waals surface area (Å²) in [6, 6.07) is 16.1. The summed E-state index contributed by atoms with van der Waals surface area (Å²) in [5.74, 6) is 0.0327. The molecule has 0 bridgehead atoms. The van der Waals surface area contributed by atoms with Crippen molar-refractivity contribution < 1.29 is 4.79 Å². The van der Waals surface area contributed by atoms with Gasteiger partial charge in [0, 0.05) is 37.4 Å². The third-order valence-corrected chi connectivity index (χ3v) is 4.10.